The van der Waals surface area contributed by atoms with Gasteiger partial charge >= 0.3 is 0 Å². The van der Waals surface area contributed by atoms with Gasteiger partial charge in [-0.2, -0.15) is 0 Å². The van der Waals surface area contributed by atoms with Gasteiger partial charge in [-0.25, -0.2) is 0 Å². The summed E-state index contributed by atoms with van der Waals surface area (Å²) in [6, 6.07) is 0. The molecule has 0 radical (unpaired) electrons. The Balaban J connectivity index is 3.99. The summed E-state index contributed by atoms with van der Waals surface area (Å²) in [5.74, 6) is 0. The summed E-state index contributed by atoms with van der Waals surface area (Å²) in [7, 11) is 0. The van der Waals surface area contributed by atoms with Crippen LogP contribution < -0.4 is 0 Å². The molecule has 0 aliphatic heterocycles. The number of allylic oxidation sites excluding steroid dienone is 7. The molecule has 1 N–H and O–H groups in total. The predicted molar refractivity (Wildman–Crippen MR) is 51.0 cm³/mol. The van der Waals surface area contributed by atoms with Crippen molar-refractivity contribution in [2.75, 3.05) is 0 Å². The zero-order valence-electron chi connectivity index (χ0n) is 6.75. The molecule has 0 amide bonds. The Morgan fingerprint density at radius 2 is 2.00 bits per heavy atom. The van der Waals surface area contributed by atoms with Crippen molar-refractivity contribution in [1.82, 2.24) is 0 Å². The molecule has 0 aromatic carbocycles. The molecule has 58 valence electrons. The SMILES string of the molecule is C=CC=CC=C(C)C=CC=N. The molecule has 0 aliphatic carbocycles. The largest absolute Gasteiger partial charge is 0.309 e. The highest BCUT2D eigenvalue weighted by Gasteiger charge is 1.74. The van der Waals surface area contributed by atoms with Crippen LogP contribution in [0.4, 0.5) is 0 Å². The van der Waals surface area contributed by atoms with Crippen molar-refractivity contribution in [1.29, 1.82) is 5.41 Å². The van der Waals surface area contributed by atoms with Crippen LogP contribution in [0, 0.1) is 5.41 Å². The van der Waals surface area contributed by atoms with Gasteiger partial charge in [0.25, 0.3) is 0 Å². The quantitative estimate of drug-likeness (QED) is 0.467. The Morgan fingerprint density at radius 1 is 1.27 bits per heavy atom. The van der Waals surface area contributed by atoms with Crippen molar-refractivity contribution in [3.8, 4) is 0 Å². The molecule has 0 heterocycles. The molecular formula is C10H13N. The fraction of sp³-hybridized carbons (Fsp3) is 0.100. The molecule has 0 atom stereocenters. The van der Waals surface area contributed by atoms with Gasteiger partial charge in [-0.15, -0.1) is 0 Å². The topological polar surface area (TPSA) is 23.9 Å². The van der Waals surface area contributed by atoms with Gasteiger partial charge in [0.1, 0.15) is 0 Å². The number of rotatable bonds is 4. The molecule has 0 spiro atoms. The lowest BCUT2D eigenvalue weighted by Crippen LogP contribution is -1.66. The summed E-state index contributed by atoms with van der Waals surface area (Å²) in [6.07, 6.45) is 12.3. The van der Waals surface area contributed by atoms with Gasteiger partial charge in [0.15, 0.2) is 0 Å². The van der Waals surface area contributed by atoms with Gasteiger partial charge in [0.05, 0.1) is 0 Å². The first-order chi connectivity index (χ1) is 5.31. The first-order valence-electron chi connectivity index (χ1n) is 3.44. The van der Waals surface area contributed by atoms with E-state index in [-0.39, 0.29) is 0 Å². The average Bonchev–Trinajstić information content (AvgIpc) is 2.01. The maximum atomic E-state index is 6.74. The van der Waals surface area contributed by atoms with Crippen LogP contribution in [0.1, 0.15) is 6.92 Å². The molecule has 0 bridgehead atoms. The van der Waals surface area contributed by atoms with Gasteiger partial charge < -0.3 is 5.41 Å². The Kier molecular flexibility index (Phi) is 5.91. The third-order valence-corrected chi connectivity index (χ3v) is 1.06. The predicted octanol–water partition coefficient (Wildman–Crippen LogP) is 2.88. The standard InChI is InChI=1S/C10H13N/c1-3-4-5-7-10(2)8-6-9-11/h3-9,11H,1H2,2H3. The van der Waals surface area contributed by atoms with Crippen LogP contribution in [0.3, 0.4) is 0 Å². The van der Waals surface area contributed by atoms with Gasteiger partial charge in [-0.05, 0) is 13.0 Å². The fourth-order valence-electron chi connectivity index (χ4n) is 0.541. The van der Waals surface area contributed by atoms with E-state index in [9.17, 15) is 0 Å². The fourth-order valence-corrected chi connectivity index (χ4v) is 0.541. The zero-order valence-corrected chi connectivity index (χ0v) is 6.75. The van der Waals surface area contributed by atoms with Gasteiger partial charge in [0.2, 0.25) is 0 Å². The van der Waals surface area contributed by atoms with Gasteiger partial charge in [-0.1, -0.05) is 42.5 Å². The molecular weight excluding hydrogens is 134 g/mol. The van der Waals surface area contributed by atoms with Crippen molar-refractivity contribution < 1.29 is 0 Å². The van der Waals surface area contributed by atoms with Crippen molar-refractivity contribution in [2.24, 2.45) is 0 Å². The molecule has 1 heteroatoms. The Hall–Kier alpha value is -1.37. The van der Waals surface area contributed by atoms with Crippen LogP contribution in [0.2, 0.25) is 0 Å². The number of hydrogen-bond donors (Lipinski definition) is 1. The van der Waals surface area contributed by atoms with E-state index in [1.54, 1.807) is 12.2 Å². The third-order valence-electron chi connectivity index (χ3n) is 1.06. The highest BCUT2D eigenvalue weighted by atomic mass is 14.3. The maximum absolute atomic E-state index is 6.74. The maximum Gasteiger partial charge on any atom is 0.0177 e. The lowest BCUT2D eigenvalue weighted by atomic mass is 10.2. The van der Waals surface area contributed by atoms with Crippen LogP contribution in [0.5, 0.6) is 0 Å². The Labute approximate surface area is 68.0 Å². The van der Waals surface area contributed by atoms with Crippen molar-refractivity contribution >= 4 is 6.21 Å². The number of nitrogens with one attached hydrogen (secondary N) is 1. The van der Waals surface area contributed by atoms with E-state index in [2.05, 4.69) is 6.58 Å². The van der Waals surface area contributed by atoms with E-state index in [4.69, 9.17) is 5.41 Å². The van der Waals surface area contributed by atoms with E-state index >= 15 is 0 Å². The van der Waals surface area contributed by atoms with Crippen LogP contribution in [-0.4, -0.2) is 6.21 Å². The lowest BCUT2D eigenvalue weighted by Gasteiger charge is -1.84. The van der Waals surface area contributed by atoms with E-state index in [1.807, 2.05) is 31.2 Å². The first kappa shape index (κ1) is 9.63. The van der Waals surface area contributed by atoms with Crippen molar-refractivity contribution in [2.45, 2.75) is 6.92 Å². The van der Waals surface area contributed by atoms with E-state index < -0.39 is 0 Å². The molecule has 0 rings (SSSR count). The normalized spacial score (nSPS) is 12.6. The van der Waals surface area contributed by atoms with Crippen LogP contribution in [0.25, 0.3) is 0 Å². The summed E-state index contributed by atoms with van der Waals surface area (Å²) in [5, 5.41) is 6.74. The Morgan fingerprint density at radius 3 is 2.55 bits per heavy atom. The monoisotopic (exact) mass is 147 g/mol. The van der Waals surface area contributed by atoms with Crippen LogP contribution in [-0.2, 0) is 0 Å². The number of hydrogen-bond acceptors (Lipinski definition) is 1. The molecule has 0 aromatic rings. The molecule has 0 unspecified atom stereocenters. The van der Waals surface area contributed by atoms with Crippen LogP contribution >= 0.6 is 0 Å². The van der Waals surface area contributed by atoms with Crippen molar-refractivity contribution in [3.05, 3.63) is 48.6 Å². The van der Waals surface area contributed by atoms with Crippen molar-refractivity contribution in [3.63, 3.8) is 0 Å². The molecule has 0 saturated heterocycles. The second kappa shape index (κ2) is 6.75. The molecule has 1 nitrogen and oxygen atoms in total. The summed E-state index contributed by atoms with van der Waals surface area (Å²) in [4.78, 5) is 0. The molecule has 0 fully saturated rings. The zero-order chi connectivity index (χ0) is 8.53. The second-order valence-electron chi connectivity index (χ2n) is 2.06. The molecule has 0 saturated carbocycles. The summed E-state index contributed by atoms with van der Waals surface area (Å²) in [5.41, 5.74) is 1.12. The van der Waals surface area contributed by atoms with E-state index in [0.29, 0.717) is 0 Å². The van der Waals surface area contributed by atoms with E-state index in [1.165, 1.54) is 6.21 Å². The van der Waals surface area contributed by atoms with Gasteiger partial charge in [-0.3, -0.25) is 0 Å². The lowest BCUT2D eigenvalue weighted by molar-refractivity contribution is 1.52. The smallest absolute Gasteiger partial charge is 0.0177 e. The minimum absolute atomic E-state index is 1.12. The average molecular weight is 147 g/mol. The molecule has 0 aliphatic rings. The minimum atomic E-state index is 1.12. The first-order valence-corrected chi connectivity index (χ1v) is 3.44. The van der Waals surface area contributed by atoms with Gasteiger partial charge in [0, 0.05) is 6.21 Å². The molecule has 0 aromatic heterocycles. The minimum Gasteiger partial charge on any atom is -0.309 e. The highest BCUT2D eigenvalue weighted by molar-refractivity contribution is 5.68. The second-order valence-corrected chi connectivity index (χ2v) is 2.06. The van der Waals surface area contributed by atoms with Crippen LogP contribution in [0.15, 0.2) is 48.6 Å². The van der Waals surface area contributed by atoms with E-state index in [0.717, 1.165) is 5.57 Å². The highest BCUT2D eigenvalue weighted by Crippen LogP contribution is 1.94. The Bertz CT molecular complexity index is 207. The molecule has 11 heavy (non-hydrogen) atoms. The third kappa shape index (κ3) is 6.52. The summed E-state index contributed by atoms with van der Waals surface area (Å²) >= 11 is 0. The summed E-state index contributed by atoms with van der Waals surface area (Å²) < 4.78 is 0. The summed E-state index contributed by atoms with van der Waals surface area (Å²) in [6.45, 7) is 5.53.